The van der Waals surface area contributed by atoms with Crippen LogP contribution in [0.2, 0.25) is 17.6 Å². The first-order valence-electron chi connectivity index (χ1n) is 6.34. The van der Waals surface area contributed by atoms with Gasteiger partial charge in [0.05, 0.1) is 0 Å². The Morgan fingerprint density at radius 3 is 2.20 bits per heavy atom. The van der Waals surface area contributed by atoms with Crippen LogP contribution in [0.15, 0.2) is 0 Å². The maximum absolute atomic E-state index is 5.74. The van der Waals surface area contributed by atoms with Crippen LogP contribution in [0.3, 0.4) is 0 Å². The van der Waals surface area contributed by atoms with Crippen LogP contribution in [0.5, 0.6) is 0 Å². The van der Waals surface area contributed by atoms with Crippen LogP contribution in [0.1, 0.15) is 39.5 Å². The normalized spacial score (nSPS) is 25.8. The molecule has 0 bridgehead atoms. The molecule has 1 unspecified atom stereocenters. The molecule has 0 spiro atoms. The van der Waals surface area contributed by atoms with Gasteiger partial charge in [-0.25, -0.2) is 0 Å². The lowest BCUT2D eigenvalue weighted by Crippen LogP contribution is -2.46. The number of methoxy groups -OCH3 is 2. The smallest absolute Gasteiger partial charge is 0.167 e. The van der Waals surface area contributed by atoms with E-state index in [9.17, 15) is 0 Å². The van der Waals surface area contributed by atoms with Crippen LogP contribution in [0.4, 0.5) is 0 Å². The molecule has 1 aliphatic carbocycles. The molecule has 0 aromatic rings. The van der Waals surface area contributed by atoms with Crippen molar-refractivity contribution >= 4 is 8.80 Å². The summed E-state index contributed by atoms with van der Waals surface area (Å²) in [6, 6.07) is 2.74. The molecular weight excluding hydrogens is 204 g/mol. The monoisotopic (exact) mass is 230 g/mol. The minimum atomic E-state index is -0.684. The van der Waals surface area contributed by atoms with E-state index in [-0.39, 0.29) is 5.79 Å². The van der Waals surface area contributed by atoms with Gasteiger partial charge in [0.25, 0.3) is 0 Å². The predicted molar refractivity (Wildman–Crippen MR) is 67.1 cm³/mol. The SMILES string of the molecule is CC[SiH](CC)C1CCCCC1(OC)OC. The third kappa shape index (κ3) is 2.63. The van der Waals surface area contributed by atoms with E-state index in [1.54, 1.807) is 0 Å². The second-order valence-corrected chi connectivity index (χ2v) is 8.61. The van der Waals surface area contributed by atoms with Gasteiger partial charge >= 0.3 is 0 Å². The number of rotatable bonds is 5. The summed E-state index contributed by atoms with van der Waals surface area (Å²) in [7, 11) is 2.95. The van der Waals surface area contributed by atoms with Gasteiger partial charge in [-0.05, 0) is 12.8 Å². The van der Waals surface area contributed by atoms with Crippen LogP contribution in [-0.2, 0) is 9.47 Å². The standard InChI is InChI=1S/C12H26O2Si/c1-5-15(6-2)11-9-7-8-10-12(11,13-3)14-4/h11,15H,5-10H2,1-4H3. The lowest BCUT2D eigenvalue weighted by molar-refractivity contribution is -0.223. The van der Waals surface area contributed by atoms with Gasteiger partial charge in [-0.1, -0.05) is 32.4 Å². The van der Waals surface area contributed by atoms with E-state index < -0.39 is 8.80 Å². The molecule has 0 radical (unpaired) electrons. The molecule has 0 aromatic carbocycles. The lowest BCUT2D eigenvalue weighted by Gasteiger charge is -2.44. The number of ether oxygens (including phenoxy) is 2. The highest BCUT2D eigenvalue weighted by Gasteiger charge is 2.44. The molecule has 0 aromatic heterocycles. The topological polar surface area (TPSA) is 18.5 Å². The summed E-state index contributed by atoms with van der Waals surface area (Å²) in [6.45, 7) is 4.68. The van der Waals surface area contributed by atoms with Crippen molar-refractivity contribution in [1.82, 2.24) is 0 Å². The van der Waals surface area contributed by atoms with Crippen molar-refractivity contribution in [2.24, 2.45) is 0 Å². The molecule has 1 rings (SSSR count). The van der Waals surface area contributed by atoms with Gasteiger partial charge in [-0.2, -0.15) is 0 Å². The largest absolute Gasteiger partial charge is 0.353 e. The highest BCUT2D eigenvalue weighted by molar-refractivity contribution is 6.60. The van der Waals surface area contributed by atoms with Gasteiger partial charge in [0.15, 0.2) is 5.79 Å². The van der Waals surface area contributed by atoms with Crippen LogP contribution in [-0.4, -0.2) is 28.8 Å². The minimum absolute atomic E-state index is 0.235. The molecule has 1 fully saturated rings. The van der Waals surface area contributed by atoms with Gasteiger partial charge in [0.1, 0.15) is 0 Å². The minimum Gasteiger partial charge on any atom is -0.353 e. The molecule has 2 nitrogen and oxygen atoms in total. The van der Waals surface area contributed by atoms with Crippen molar-refractivity contribution in [3.63, 3.8) is 0 Å². The van der Waals surface area contributed by atoms with Crippen LogP contribution < -0.4 is 0 Å². The molecule has 15 heavy (non-hydrogen) atoms. The Balaban J connectivity index is 2.80. The van der Waals surface area contributed by atoms with Crippen molar-refractivity contribution in [1.29, 1.82) is 0 Å². The maximum Gasteiger partial charge on any atom is 0.167 e. The summed E-state index contributed by atoms with van der Waals surface area (Å²) in [6.07, 6.45) is 5.03. The molecule has 90 valence electrons. The van der Waals surface area contributed by atoms with Crippen LogP contribution >= 0.6 is 0 Å². The van der Waals surface area contributed by atoms with E-state index in [1.165, 1.54) is 31.4 Å². The van der Waals surface area contributed by atoms with Crippen LogP contribution in [0, 0.1) is 0 Å². The first-order valence-corrected chi connectivity index (χ1v) is 8.64. The zero-order valence-electron chi connectivity index (χ0n) is 10.7. The Morgan fingerprint density at radius 2 is 1.73 bits per heavy atom. The van der Waals surface area contributed by atoms with Gasteiger partial charge < -0.3 is 9.47 Å². The molecule has 1 saturated carbocycles. The van der Waals surface area contributed by atoms with E-state index in [2.05, 4.69) is 13.8 Å². The fraction of sp³-hybridized carbons (Fsp3) is 1.00. The molecule has 1 aliphatic rings. The van der Waals surface area contributed by atoms with Gasteiger partial charge in [-0.15, -0.1) is 0 Å². The summed E-state index contributed by atoms with van der Waals surface area (Å²) >= 11 is 0. The molecule has 0 N–H and O–H groups in total. The molecule has 0 amide bonds. The van der Waals surface area contributed by atoms with Crippen molar-refractivity contribution in [2.45, 2.75) is 62.9 Å². The van der Waals surface area contributed by atoms with Crippen molar-refractivity contribution in [2.75, 3.05) is 14.2 Å². The Kier molecular flexibility index (Phi) is 5.30. The fourth-order valence-electron chi connectivity index (χ4n) is 3.18. The zero-order valence-corrected chi connectivity index (χ0v) is 11.9. The maximum atomic E-state index is 5.74. The Labute approximate surface area is 96.0 Å². The molecular formula is C12H26O2Si. The second kappa shape index (κ2) is 6.02. The zero-order chi connectivity index (χ0) is 11.3. The fourth-order valence-corrected chi connectivity index (χ4v) is 6.76. The molecule has 1 atom stereocenters. The highest BCUT2D eigenvalue weighted by Crippen LogP contribution is 2.44. The van der Waals surface area contributed by atoms with Gasteiger partial charge in [-0.3, -0.25) is 0 Å². The predicted octanol–water partition coefficient (Wildman–Crippen LogP) is 3.19. The average Bonchev–Trinajstić information content (AvgIpc) is 2.31. The third-order valence-corrected chi connectivity index (χ3v) is 8.24. The summed E-state index contributed by atoms with van der Waals surface area (Å²) in [5.41, 5.74) is 0.719. The molecule has 0 heterocycles. The summed E-state index contributed by atoms with van der Waals surface area (Å²) in [4.78, 5) is 0. The Morgan fingerprint density at radius 1 is 1.13 bits per heavy atom. The molecule has 0 aliphatic heterocycles. The molecule has 3 heteroatoms. The van der Waals surface area contributed by atoms with E-state index in [1.807, 2.05) is 14.2 Å². The summed E-state index contributed by atoms with van der Waals surface area (Å²) in [5.74, 6) is -0.235. The van der Waals surface area contributed by atoms with Gasteiger partial charge in [0.2, 0.25) is 0 Å². The van der Waals surface area contributed by atoms with E-state index in [0.29, 0.717) is 0 Å². The van der Waals surface area contributed by atoms with Crippen molar-refractivity contribution < 1.29 is 9.47 Å². The van der Waals surface area contributed by atoms with Crippen LogP contribution in [0.25, 0.3) is 0 Å². The first kappa shape index (κ1) is 13.2. The van der Waals surface area contributed by atoms with Crippen molar-refractivity contribution in [3.05, 3.63) is 0 Å². The van der Waals surface area contributed by atoms with Gasteiger partial charge in [0, 0.05) is 35.0 Å². The van der Waals surface area contributed by atoms with E-state index in [0.717, 1.165) is 12.0 Å². The highest BCUT2D eigenvalue weighted by atomic mass is 28.3. The third-order valence-electron chi connectivity index (χ3n) is 4.16. The second-order valence-electron chi connectivity index (χ2n) is 4.65. The Hall–Kier alpha value is 0.137. The van der Waals surface area contributed by atoms with E-state index >= 15 is 0 Å². The lowest BCUT2D eigenvalue weighted by atomic mass is 9.93. The summed E-state index contributed by atoms with van der Waals surface area (Å²) in [5, 5.41) is 0. The number of hydrogen-bond acceptors (Lipinski definition) is 2. The van der Waals surface area contributed by atoms with Crippen molar-refractivity contribution in [3.8, 4) is 0 Å². The first-order chi connectivity index (χ1) is 7.24. The summed E-state index contributed by atoms with van der Waals surface area (Å²) < 4.78 is 11.5. The molecule has 0 saturated heterocycles. The van der Waals surface area contributed by atoms with E-state index in [4.69, 9.17) is 9.47 Å². The quantitative estimate of drug-likeness (QED) is 0.533. The number of hydrogen-bond donors (Lipinski definition) is 0. The average molecular weight is 230 g/mol. The Bertz CT molecular complexity index is 176.